The maximum absolute atomic E-state index is 12.4. The second-order valence-electron chi connectivity index (χ2n) is 6.41. The van der Waals surface area contributed by atoms with Crippen molar-refractivity contribution in [2.75, 3.05) is 6.54 Å². The monoisotopic (exact) mass is 389 g/mol. The Morgan fingerprint density at radius 1 is 1.07 bits per heavy atom. The normalized spacial score (nSPS) is 10.8. The Hall–Kier alpha value is -3.25. The van der Waals surface area contributed by atoms with E-state index in [1.807, 2.05) is 61.5 Å². The van der Waals surface area contributed by atoms with Crippen molar-refractivity contribution >= 4 is 17.2 Å². The molecule has 0 fully saturated rings. The highest BCUT2D eigenvalue weighted by atomic mass is 32.1. The van der Waals surface area contributed by atoms with Gasteiger partial charge in [0.2, 0.25) is 5.89 Å². The van der Waals surface area contributed by atoms with Crippen LogP contribution < -0.4 is 5.32 Å². The molecule has 2 aromatic carbocycles. The number of aromatic nitrogens is 2. The number of amides is 1. The van der Waals surface area contributed by atoms with E-state index in [2.05, 4.69) is 15.3 Å². The lowest BCUT2D eigenvalue weighted by molar-refractivity contribution is 0.0958. The third kappa shape index (κ3) is 4.18. The van der Waals surface area contributed by atoms with E-state index in [1.165, 1.54) is 16.9 Å². The maximum atomic E-state index is 12.4. The fourth-order valence-corrected chi connectivity index (χ4v) is 3.57. The van der Waals surface area contributed by atoms with E-state index in [9.17, 15) is 4.79 Å². The molecule has 1 amide bonds. The highest BCUT2D eigenvalue weighted by Gasteiger charge is 2.12. The number of aryl methyl sites for hydroxylation is 1. The molecule has 0 aliphatic rings. The molecule has 5 nitrogen and oxygen atoms in total. The van der Waals surface area contributed by atoms with Crippen LogP contribution >= 0.6 is 11.3 Å². The fourth-order valence-electron chi connectivity index (χ4n) is 2.74. The highest BCUT2D eigenvalue weighted by Crippen LogP contribution is 2.24. The Balaban J connectivity index is 1.32. The summed E-state index contributed by atoms with van der Waals surface area (Å²) in [7, 11) is 0. The molecule has 1 N–H and O–H groups in total. The van der Waals surface area contributed by atoms with E-state index in [4.69, 9.17) is 4.42 Å². The van der Waals surface area contributed by atoms with Crippen molar-refractivity contribution in [2.24, 2.45) is 0 Å². The Bertz CT molecular complexity index is 1070. The van der Waals surface area contributed by atoms with Gasteiger partial charge in [0.1, 0.15) is 16.1 Å². The molecule has 28 heavy (non-hydrogen) atoms. The zero-order chi connectivity index (χ0) is 19.3. The molecule has 2 heterocycles. The van der Waals surface area contributed by atoms with Gasteiger partial charge in [0.15, 0.2) is 0 Å². The molecule has 0 atom stereocenters. The van der Waals surface area contributed by atoms with E-state index >= 15 is 0 Å². The average molecular weight is 389 g/mol. The van der Waals surface area contributed by atoms with Gasteiger partial charge in [-0.15, -0.1) is 11.3 Å². The molecule has 0 aliphatic heterocycles. The molecule has 4 aromatic rings. The number of nitrogens with zero attached hydrogens (tertiary/aromatic N) is 2. The number of nitrogens with one attached hydrogen (secondary N) is 1. The third-order valence-electron chi connectivity index (χ3n) is 4.27. The number of oxazole rings is 1. The van der Waals surface area contributed by atoms with E-state index < -0.39 is 0 Å². The predicted molar refractivity (Wildman–Crippen MR) is 110 cm³/mol. The summed E-state index contributed by atoms with van der Waals surface area (Å²) < 4.78 is 5.55. The van der Waals surface area contributed by atoms with Crippen LogP contribution in [0.25, 0.3) is 22.0 Å². The first kappa shape index (κ1) is 18.1. The van der Waals surface area contributed by atoms with Crippen molar-refractivity contribution in [1.29, 1.82) is 0 Å². The minimum Gasteiger partial charge on any atom is -0.444 e. The molecule has 6 heteroatoms. The van der Waals surface area contributed by atoms with Crippen LogP contribution in [0.4, 0.5) is 0 Å². The Morgan fingerprint density at radius 3 is 2.64 bits per heavy atom. The van der Waals surface area contributed by atoms with Crippen LogP contribution in [-0.4, -0.2) is 22.4 Å². The van der Waals surface area contributed by atoms with Gasteiger partial charge in [0.25, 0.3) is 5.91 Å². The van der Waals surface area contributed by atoms with Gasteiger partial charge in [0.05, 0.1) is 11.9 Å². The van der Waals surface area contributed by atoms with E-state index in [1.54, 1.807) is 12.5 Å². The van der Waals surface area contributed by atoms with Crippen LogP contribution in [0.3, 0.4) is 0 Å². The molecule has 140 valence electrons. The van der Waals surface area contributed by atoms with Gasteiger partial charge in [-0.25, -0.2) is 9.97 Å². The number of benzene rings is 2. The van der Waals surface area contributed by atoms with Crippen molar-refractivity contribution in [2.45, 2.75) is 13.3 Å². The number of carbonyl (C=O) groups excluding carboxylic acids is 1. The molecule has 0 saturated heterocycles. The van der Waals surface area contributed by atoms with Gasteiger partial charge in [0, 0.05) is 24.1 Å². The highest BCUT2D eigenvalue weighted by molar-refractivity contribution is 7.16. The van der Waals surface area contributed by atoms with E-state index in [0.717, 1.165) is 21.8 Å². The van der Waals surface area contributed by atoms with Crippen LogP contribution in [0, 0.1) is 6.92 Å². The molecule has 2 aromatic heterocycles. The molecule has 0 aliphatic carbocycles. The van der Waals surface area contributed by atoms with E-state index in [0.29, 0.717) is 23.7 Å². The molecule has 0 saturated carbocycles. The molecule has 0 radical (unpaired) electrons. The van der Waals surface area contributed by atoms with Gasteiger partial charge in [-0.3, -0.25) is 4.79 Å². The second-order valence-corrected chi connectivity index (χ2v) is 7.44. The summed E-state index contributed by atoms with van der Waals surface area (Å²) in [5.41, 5.74) is 3.96. The average Bonchev–Trinajstić information content (AvgIpc) is 3.39. The Labute approximate surface area is 167 Å². The molecule has 4 rings (SSSR count). The van der Waals surface area contributed by atoms with Crippen LogP contribution in [0.2, 0.25) is 0 Å². The number of rotatable bonds is 6. The maximum Gasteiger partial charge on any atom is 0.263 e. The summed E-state index contributed by atoms with van der Waals surface area (Å²) in [4.78, 5) is 21.8. The molecule has 0 spiro atoms. The number of hydrogen-bond donors (Lipinski definition) is 1. The summed E-state index contributed by atoms with van der Waals surface area (Å²) >= 11 is 1.39. The van der Waals surface area contributed by atoms with Gasteiger partial charge < -0.3 is 9.73 Å². The minimum absolute atomic E-state index is 0.123. The smallest absolute Gasteiger partial charge is 0.263 e. The van der Waals surface area contributed by atoms with Crippen LogP contribution in [-0.2, 0) is 6.42 Å². The lowest BCUT2D eigenvalue weighted by Crippen LogP contribution is -2.24. The molecular weight excluding hydrogens is 370 g/mol. The van der Waals surface area contributed by atoms with Gasteiger partial charge in [-0.05, 0) is 19.1 Å². The Kier molecular flexibility index (Phi) is 5.30. The molecule has 0 bridgehead atoms. The van der Waals surface area contributed by atoms with Gasteiger partial charge >= 0.3 is 0 Å². The molecule has 0 unspecified atom stereocenters. The lowest BCUT2D eigenvalue weighted by atomic mass is 10.1. The zero-order valence-electron chi connectivity index (χ0n) is 15.4. The number of thiazole rings is 1. The van der Waals surface area contributed by atoms with Crippen LogP contribution in [0.15, 0.2) is 71.5 Å². The topological polar surface area (TPSA) is 68.0 Å². The van der Waals surface area contributed by atoms with E-state index in [-0.39, 0.29) is 5.91 Å². The van der Waals surface area contributed by atoms with Crippen molar-refractivity contribution < 1.29 is 9.21 Å². The van der Waals surface area contributed by atoms with Crippen LogP contribution in [0.5, 0.6) is 0 Å². The standard InChI is InChI=1S/C22H19N3O2S/c1-15-7-9-16(10-8-15)21-25-18(14-27-21)11-12-23-20(26)19-13-24-22(28-19)17-5-3-2-4-6-17/h2-10,13-14H,11-12H2,1H3,(H,23,26). The number of hydrogen-bond acceptors (Lipinski definition) is 5. The van der Waals surface area contributed by atoms with Gasteiger partial charge in [-0.1, -0.05) is 48.0 Å². The Morgan fingerprint density at radius 2 is 1.86 bits per heavy atom. The summed E-state index contributed by atoms with van der Waals surface area (Å²) in [6.45, 7) is 2.52. The van der Waals surface area contributed by atoms with Crippen molar-refractivity contribution in [3.05, 3.63) is 83.2 Å². The summed E-state index contributed by atoms with van der Waals surface area (Å²) in [6, 6.07) is 17.9. The first-order valence-corrected chi connectivity index (χ1v) is 9.81. The third-order valence-corrected chi connectivity index (χ3v) is 5.31. The second kappa shape index (κ2) is 8.19. The predicted octanol–water partition coefficient (Wildman–Crippen LogP) is 4.75. The summed E-state index contributed by atoms with van der Waals surface area (Å²) in [5.74, 6) is 0.471. The largest absolute Gasteiger partial charge is 0.444 e. The first-order chi connectivity index (χ1) is 13.7. The quantitative estimate of drug-likeness (QED) is 0.517. The van der Waals surface area contributed by atoms with Crippen molar-refractivity contribution in [1.82, 2.24) is 15.3 Å². The number of carbonyl (C=O) groups is 1. The first-order valence-electron chi connectivity index (χ1n) is 9.00. The fraction of sp³-hybridized carbons (Fsp3) is 0.136. The SMILES string of the molecule is Cc1ccc(-c2nc(CCNC(=O)c3cnc(-c4ccccc4)s3)co2)cc1. The van der Waals surface area contributed by atoms with Gasteiger partial charge in [-0.2, -0.15) is 0 Å². The van der Waals surface area contributed by atoms with Crippen molar-refractivity contribution in [3.63, 3.8) is 0 Å². The summed E-state index contributed by atoms with van der Waals surface area (Å²) in [6.07, 6.45) is 3.86. The minimum atomic E-state index is -0.123. The van der Waals surface area contributed by atoms with Crippen LogP contribution in [0.1, 0.15) is 20.9 Å². The van der Waals surface area contributed by atoms with Crippen molar-refractivity contribution in [3.8, 4) is 22.0 Å². The molecular formula is C22H19N3O2S. The zero-order valence-corrected chi connectivity index (χ0v) is 16.2. The summed E-state index contributed by atoms with van der Waals surface area (Å²) in [5, 5.41) is 3.76. The lowest BCUT2D eigenvalue weighted by Gasteiger charge is -2.01.